The molecule has 1 atom stereocenters. The Morgan fingerprint density at radius 3 is 2.47 bits per heavy atom. The number of benzene rings is 2. The van der Waals surface area contributed by atoms with Crippen molar-refractivity contribution in [2.45, 2.75) is 31.6 Å². The second-order valence-electron chi connectivity index (χ2n) is 7.36. The molecule has 0 spiro atoms. The van der Waals surface area contributed by atoms with Gasteiger partial charge in [-0.15, -0.1) is 0 Å². The maximum Gasteiger partial charge on any atom is 0.255 e. The predicted molar refractivity (Wildman–Crippen MR) is 112 cm³/mol. The van der Waals surface area contributed by atoms with Gasteiger partial charge in [-0.1, -0.05) is 19.1 Å². The van der Waals surface area contributed by atoms with Gasteiger partial charge in [0.15, 0.2) is 0 Å². The van der Waals surface area contributed by atoms with E-state index in [9.17, 15) is 14.4 Å². The van der Waals surface area contributed by atoms with E-state index >= 15 is 0 Å². The Balaban J connectivity index is 1.47. The van der Waals surface area contributed by atoms with Gasteiger partial charge in [-0.3, -0.25) is 19.7 Å². The number of anilines is 1. The summed E-state index contributed by atoms with van der Waals surface area (Å²) in [5.41, 5.74) is 2.24. The maximum atomic E-state index is 12.6. The second kappa shape index (κ2) is 7.94. The molecular weight excluding hydrogens is 380 g/mol. The first kappa shape index (κ1) is 19.6. The molecule has 2 aromatic carbocycles. The molecule has 1 aliphatic heterocycles. The lowest BCUT2D eigenvalue weighted by Gasteiger charge is -2.35. The lowest BCUT2D eigenvalue weighted by atomic mass is 9.72. The van der Waals surface area contributed by atoms with Crippen molar-refractivity contribution in [2.75, 3.05) is 5.32 Å². The minimum absolute atomic E-state index is 0.217. The molecule has 152 valence electrons. The molecule has 0 radical (unpaired) electrons. The quantitative estimate of drug-likeness (QED) is 0.641. The van der Waals surface area contributed by atoms with Gasteiger partial charge in [-0.2, -0.15) is 0 Å². The second-order valence-corrected chi connectivity index (χ2v) is 7.36. The summed E-state index contributed by atoms with van der Waals surface area (Å²) in [7, 11) is 0. The smallest absolute Gasteiger partial charge is 0.255 e. The number of carbonyl (C=O) groups is 3. The summed E-state index contributed by atoms with van der Waals surface area (Å²) in [6, 6.07) is 14.5. The van der Waals surface area contributed by atoms with E-state index in [0.29, 0.717) is 30.5 Å². The Hall–Kier alpha value is -3.74. The molecule has 3 aromatic rings. The van der Waals surface area contributed by atoms with E-state index in [4.69, 9.17) is 0 Å². The van der Waals surface area contributed by atoms with Crippen LogP contribution in [0.2, 0.25) is 0 Å². The highest BCUT2D eigenvalue weighted by Gasteiger charge is 2.42. The summed E-state index contributed by atoms with van der Waals surface area (Å²) >= 11 is 0. The third kappa shape index (κ3) is 3.61. The number of carbonyl (C=O) groups excluding carboxylic acids is 3. The van der Waals surface area contributed by atoms with Gasteiger partial charge in [0.1, 0.15) is 0 Å². The van der Waals surface area contributed by atoms with Crippen LogP contribution in [0.3, 0.4) is 0 Å². The van der Waals surface area contributed by atoms with Crippen LogP contribution in [0.5, 0.6) is 0 Å². The number of imidazole rings is 1. The maximum absolute atomic E-state index is 12.6. The predicted octanol–water partition coefficient (Wildman–Crippen LogP) is 3.21. The highest BCUT2D eigenvalue weighted by Crippen LogP contribution is 2.36. The highest BCUT2D eigenvalue weighted by molar-refractivity contribution is 6.05. The minimum atomic E-state index is -0.709. The molecule has 1 fully saturated rings. The highest BCUT2D eigenvalue weighted by atomic mass is 16.2. The number of rotatable bonds is 5. The molecule has 0 aliphatic carbocycles. The summed E-state index contributed by atoms with van der Waals surface area (Å²) in [5, 5.41) is 5.33. The molecule has 30 heavy (non-hydrogen) atoms. The van der Waals surface area contributed by atoms with Crippen LogP contribution >= 0.6 is 0 Å². The summed E-state index contributed by atoms with van der Waals surface area (Å²) in [6.45, 7) is 1.94. The van der Waals surface area contributed by atoms with Crippen molar-refractivity contribution in [3.63, 3.8) is 0 Å². The van der Waals surface area contributed by atoms with Gasteiger partial charge in [0, 0.05) is 35.8 Å². The van der Waals surface area contributed by atoms with Gasteiger partial charge in [-0.25, -0.2) is 4.98 Å². The fraction of sp³-hybridized carbons (Fsp3) is 0.217. The molecule has 1 saturated heterocycles. The first-order valence-electron chi connectivity index (χ1n) is 9.86. The molecule has 4 rings (SSSR count). The fourth-order valence-corrected chi connectivity index (χ4v) is 3.84. The number of piperidine rings is 1. The molecule has 0 bridgehead atoms. The molecule has 2 N–H and O–H groups in total. The first-order valence-corrected chi connectivity index (χ1v) is 9.86. The van der Waals surface area contributed by atoms with Gasteiger partial charge >= 0.3 is 0 Å². The van der Waals surface area contributed by atoms with E-state index in [1.54, 1.807) is 36.8 Å². The van der Waals surface area contributed by atoms with Crippen LogP contribution < -0.4 is 10.6 Å². The molecule has 7 nitrogen and oxygen atoms in total. The van der Waals surface area contributed by atoms with Crippen molar-refractivity contribution in [1.82, 2.24) is 14.9 Å². The lowest BCUT2D eigenvalue weighted by Crippen LogP contribution is -2.51. The first-order chi connectivity index (χ1) is 14.5. The van der Waals surface area contributed by atoms with E-state index in [-0.39, 0.29) is 17.7 Å². The largest absolute Gasteiger partial charge is 0.322 e. The van der Waals surface area contributed by atoms with Crippen LogP contribution in [0.1, 0.15) is 42.1 Å². The van der Waals surface area contributed by atoms with Gasteiger partial charge in [0.05, 0.1) is 11.7 Å². The molecule has 1 aliphatic rings. The average molecular weight is 402 g/mol. The third-order valence-corrected chi connectivity index (χ3v) is 5.70. The van der Waals surface area contributed by atoms with Gasteiger partial charge in [0.2, 0.25) is 11.8 Å². The topological polar surface area (TPSA) is 93.1 Å². The van der Waals surface area contributed by atoms with E-state index in [2.05, 4.69) is 15.6 Å². The van der Waals surface area contributed by atoms with Gasteiger partial charge in [0.25, 0.3) is 5.91 Å². The Bertz CT molecular complexity index is 1070. The Morgan fingerprint density at radius 2 is 1.87 bits per heavy atom. The number of imide groups is 1. The van der Waals surface area contributed by atoms with Crippen LogP contribution in [-0.4, -0.2) is 27.3 Å². The van der Waals surface area contributed by atoms with Crippen molar-refractivity contribution in [1.29, 1.82) is 0 Å². The third-order valence-electron chi connectivity index (χ3n) is 5.70. The number of nitrogens with zero attached hydrogens (tertiary/aromatic N) is 2. The lowest BCUT2D eigenvalue weighted by molar-refractivity contribution is -0.138. The van der Waals surface area contributed by atoms with Gasteiger partial charge < -0.3 is 9.88 Å². The normalized spacial score (nSPS) is 18.7. The van der Waals surface area contributed by atoms with E-state index in [0.717, 1.165) is 11.3 Å². The van der Waals surface area contributed by atoms with Crippen molar-refractivity contribution in [3.8, 4) is 5.69 Å². The number of hydrogen-bond donors (Lipinski definition) is 2. The van der Waals surface area contributed by atoms with Gasteiger partial charge in [-0.05, 0) is 54.8 Å². The van der Waals surface area contributed by atoms with Crippen molar-refractivity contribution in [3.05, 3.63) is 78.4 Å². The van der Waals surface area contributed by atoms with Crippen LogP contribution in [0.15, 0.2) is 67.3 Å². The zero-order valence-electron chi connectivity index (χ0n) is 16.6. The summed E-state index contributed by atoms with van der Waals surface area (Å²) in [5.74, 6) is -0.700. The Morgan fingerprint density at radius 1 is 1.13 bits per heavy atom. The molecule has 1 aromatic heterocycles. The summed E-state index contributed by atoms with van der Waals surface area (Å²) < 4.78 is 1.86. The number of nitrogens with one attached hydrogen (secondary N) is 2. The van der Waals surface area contributed by atoms with Crippen LogP contribution in [0.25, 0.3) is 5.69 Å². The molecule has 1 unspecified atom stereocenters. The number of aromatic nitrogens is 2. The van der Waals surface area contributed by atoms with E-state index in [1.807, 2.05) is 42.0 Å². The van der Waals surface area contributed by atoms with Crippen molar-refractivity contribution < 1.29 is 14.4 Å². The number of amides is 3. The monoisotopic (exact) mass is 402 g/mol. The van der Waals surface area contributed by atoms with Crippen LogP contribution in [0, 0.1) is 0 Å². The fourth-order valence-electron chi connectivity index (χ4n) is 3.84. The molecule has 2 heterocycles. The molecule has 3 amide bonds. The summed E-state index contributed by atoms with van der Waals surface area (Å²) in [4.78, 5) is 40.6. The minimum Gasteiger partial charge on any atom is -0.322 e. The zero-order valence-corrected chi connectivity index (χ0v) is 16.6. The molecule has 7 heteroatoms. The number of hydrogen-bond acceptors (Lipinski definition) is 4. The SMILES string of the molecule is CCC1(c2ccc(NC(=O)c3ccc(-n4ccnc4)cc3)cc2)CCC(=O)NC1=O. The molecule has 0 saturated carbocycles. The zero-order chi connectivity index (χ0) is 21.1. The Labute approximate surface area is 174 Å². The van der Waals surface area contributed by atoms with Crippen molar-refractivity contribution in [2.24, 2.45) is 0 Å². The Kier molecular flexibility index (Phi) is 5.18. The standard InChI is InChI=1S/C23H22N4O3/c1-2-23(12-11-20(28)26-22(23)30)17-5-7-18(8-6-17)25-21(29)16-3-9-19(10-4-16)27-14-13-24-15-27/h3-10,13-15H,2,11-12H2,1H3,(H,25,29)(H,26,28,30). The van der Waals surface area contributed by atoms with E-state index in [1.165, 1.54) is 0 Å². The van der Waals surface area contributed by atoms with Crippen molar-refractivity contribution >= 4 is 23.4 Å². The summed E-state index contributed by atoms with van der Waals surface area (Å²) in [6.07, 6.45) is 6.64. The van der Waals surface area contributed by atoms with Crippen LogP contribution in [0.4, 0.5) is 5.69 Å². The molecular formula is C23H22N4O3. The van der Waals surface area contributed by atoms with Crippen LogP contribution in [-0.2, 0) is 15.0 Å². The van der Waals surface area contributed by atoms with E-state index < -0.39 is 5.41 Å². The average Bonchev–Trinajstić information content (AvgIpc) is 3.30.